The van der Waals surface area contributed by atoms with Crippen molar-refractivity contribution in [2.24, 2.45) is 0 Å². The first-order chi connectivity index (χ1) is 9.26. The normalized spacial score (nSPS) is 10.8. The average Bonchev–Trinajstić information content (AvgIpc) is 2.83. The van der Waals surface area contributed by atoms with E-state index in [-0.39, 0.29) is 0 Å². The SMILES string of the molecule is CCOc1ccc(-c2nc3ccc(N)cc3[nH]2)cc1. The number of ether oxygens (including phenoxy) is 1. The molecule has 3 N–H and O–H groups in total. The zero-order valence-corrected chi connectivity index (χ0v) is 10.7. The van der Waals surface area contributed by atoms with Gasteiger partial charge in [0.1, 0.15) is 11.6 Å². The second-order valence-corrected chi connectivity index (χ2v) is 4.32. The summed E-state index contributed by atoms with van der Waals surface area (Å²) in [6.07, 6.45) is 0. The number of H-pyrrole nitrogens is 1. The summed E-state index contributed by atoms with van der Waals surface area (Å²) in [6, 6.07) is 13.5. The molecule has 0 radical (unpaired) electrons. The monoisotopic (exact) mass is 253 g/mol. The van der Waals surface area contributed by atoms with Gasteiger partial charge in [0.05, 0.1) is 17.6 Å². The number of aromatic nitrogens is 2. The van der Waals surface area contributed by atoms with Crippen LogP contribution < -0.4 is 10.5 Å². The number of nitrogens with one attached hydrogen (secondary N) is 1. The molecule has 0 aliphatic carbocycles. The first-order valence-corrected chi connectivity index (χ1v) is 6.25. The molecule has 1 heterocycles. The number of hydrogen-bond donors (Lipinski definition) is 2. The number of imidazole rings is 1. The fraction of sp³-hybridized carbons (Fsp3) is 0.133. The van der Waals surface area contributed by atoms with Crippen LogP contribution in [-0.4, -0.2) is 16.6 Å². The molecule has 3 rings (SSSR count). The second kappa shape index (κ2) is 4.65. The Morgan fingerprint density at radius 2 is 1.95 bits per heavy atom. The van der Waals surface area contributed by atoms with E-state index in [1.165, 1.54) is 0 Å². The van der Waals surface area contributed by atoms with E-state index in [0.29, 0.717) is 6.61 Å². The summed E-state index contributed by atoms with van der Waals surface area (Å²) >= 11 is 0. The summed E-state index contributed by atoms with van der Waals surface area (Å²) in [5, 5.41) is 0. The average molecular weight is 253 g/mol. The smallest absolute Gasteiger partial charge is 0.138 e. The number of benzene rings is 2. The molecule has 2 aromatic carbocycles. The van der Waals surface area contributed by atoms with Crippen LogP contribution >= 0.6 is 0 Å². The molecule has 0 atom stereocenters. The van der Waals surface area contributed by atoms with E-state index in [2.05, 4.69) is 9.97 Å². The van der Waals surface area contributed by atoms with E-state index in [1.807, 2.05) is 49.4 Å². The lowest BCUT2D eigenvalue weighted by atomic mass is 10.2. The minimum absolute atomic E-state index is 0.670. The lowest BCUT2D eigenvalue weighted by Crippen LogP contribution is -1.90. The molecule has 4 heteroatoms. The van der Waals surface area contributed by atoms with E-state index in [4.69, 9.17) is 10.5 Å². The van der Waals surface area contributed by atoms with Crippen molar-refractivity contribution >= 4 is 16.7 Å². The van der Waals surface area contributed by atoms with Gasteiger partial charge in [0, 0.05) is 11.3 Å². The van der Waals surface area contributed by atoms with Gasteiger partial charge in [-0.25, -0.2) is 4.98 Å². The highest BCUT2D eigenvalue weighted by Gasteiger charge is 2.05. The molecule has 19 heavy (non-hydrogen) atoms. The number of hydrogen-bond acceptors (Lipinski definition) is 3. The molecule has 4 nitrogen and oxygen atoms in total. The maximum absolute atomic E-state index is 5.76. The number of nitrogens with zero attached hydrogens (tertiary/aromatic N) is 1. The van der Waals surface area contributed by atoms with Gasteiger partial charge in [-0.2, -0.15) is 0 Å². The van der Waals surface area contributed by atoms with Crippen molar-refractivity contribution < 1.29 is 4.74 Å². The third kappa shape index (κ3) is 2.25. The van der Waals surface area contributed by atoms with Gasteiger partial charge in [-0.3, -0.25) is 0 Å². The van der Waals surface area contributed by atoms with Crippen molar-refractivity contribution in [3.8, 4) is 17.1 Å². The van der Waals surface area contributed by atoms with E-state index in [0.717, 1.165) is 33.9 Å². The first-order valence-electron chi connectivity index (χ1n) is 6.25. The highest BCUT2D eigenvalue weighted by Crippen LogP contribution is 2.23. The summed E-state index contributed by atoms with van der Waals surface area (Å²) in [5.41, 5.74) is 9.38. The topological polar surface area (TPSA) is 63.9 Å². The van der Waals surface area contributed by atoms with E-state index in [9.17, 15) is 0 Å². The van der Waals surface area contributed by atoms with E-state index < -0.39 is 0 Å². The predicted octanol–water partition coefficient (Wildman–Crippen LogP) is 3.21. The van der Waals surface area contributed by atoms with Crippen LogP contribution in [0.15, 0.2) is 42.5 Å². The summed E-state index contributed by atoms with van der Waals surface area (Å²) < 4.78 is 5.42. The van der Waals surface area contributed by atoms with Crippen LogP contribution in [-0.2, 0) is 0 Å². The number of fused-ring (bicyclic) bond motifs is 1. The van der Waals surface area contributed by atoms with Crippen LogP contribution in [0.3, 0.4) is 0 Å². The van der Waals surface area contributed by atoms with Crippen LogP contribution in [0.4, 0.5) is 5.69 Å². The zero-order valence-electron chi connectivity index (χ0n) is 10.7. The Morgan fingerprint density at radius 3 is 2.68 bits per heavy atom. The lowest BCUT2D eigenvalue weighted by molar-refractivity contribution is 0.340. The molecule has 0 saturated heterocycles. The maximum atomic E-state index is 5.76. The van der Waals surface area contributed by atoms with Crippen LogP contribution in [0.2, 0.25) is 0 Å². The number of anilines is 1. The Balaban J connectivity index is 1.99. The Bertz CT molecular complexity index is 701. The summed E-state index contributed by atoms with van der Waals surface area (Å²) in [7, 11) is 0. The van der Waals surface area contributed by atoms with Gasteiger partial charge in [-0.15, -0.1) is 0 Å². The maximum Gasteiger partial charge on any atom is 0.138 e. The zero-order chi connectivity index (χ0) is 13.2. The minimum atomic E-state index is 0.670. The van der Waals surface area contributed by atoms with Gasteiger partial charge < -0.3 is 15.5 Å². The number of nitrogens with two attached hydrogens (primary N) is 1. The van der Waals surface area contributed by atoms with Crippen LogP contribution in [0.1, 0.15) is 6.92 Å². The molecule has 0 fully saturated rings. The highest BCUT2D eigenvalue weighted by molar-refractivity contribution is 5.82. The summed E-state index contributed by atoms with van der Waals surface area (Å²) in [5.74, 6) is 1.70. The van der Waals surface area contributed by atoms with Gasteiger partial charge in [0.25, 0.3) is 0 Å². The molecule has 0 saturated carbocycles. The lowest BCUT2D eigenvalue weighted by Gasteiger charge is -2.02. The second-order valence-electron chi connectivity index (χ2n) is 4.32. The third-order valence-corrected chi connectivity index (χ3v) is 2.94. The fourth-order valence-electron chi connectivity index (χ4n) is 2.04. The molecule has 3 aromatic rings. The standard InChI is InChI=1S/C15H15N3O/c1-2-19-12-6-3-10(4-7-12)15-17-13-8-5-11(16)9-14(13)18-15/h3-9H,2,16H2,1H3,(H,17,18). The van der Waals surface area contributed by atoms with E-state index >= 15 is 0 Å². The molecule has 1 aromatic heterocycles. The summed E-state index contributed by atoms with van der Waals surface area (Å²) in [6.45, 7) is 2.64. The molecule has 0 unspecified atom stereocenters. The first kappa shape index (κ1) is 11.6. The highest BCUT2D eigenvalue weighted by atomic mass is 16.5. The van der Waals surface area contributed by atoms with Gasteiger partial charge >= 0.3 is 0 Å². The third-order valence-electron chi connectivity index (χ3n) is 2.94. The Kier molecular flexibility index (Phi) is 2.83. The van der Waals surface area contributed by atoms with Gasteiger partial charge in [-0.05, 0) is 49.4 Å². The largest absolute Gasteiger partial charge is 0.494 e. The van der Waals surface area contributed by atoms with Crippen molar-refractivity contribution in [2.75, 3.05) is 12.3 Å². The van der Waals surface area contributed by atoms with Crippen molar-refractivity contribution in [1.29, 1.82) is 0 Å². The van der Waals surface area contributed by atoms with E-state index in [1.54, 1.807) is 0 Å². The van der Waals surface area contributed by atoms with Gasteiger partial charge in [0.15, 0.2) is 0 Å². The predicted molar refractivity (Wildman–Crippen MR) is 77.1 cm³/mol. The Hall–Kier alpha value is -2.49. The molecular weight excluding hydrogens is 238 g/mol. The molecule has 0 aliphatic heterocycles. The van der Waals surface area contributed by atoms with Crippen molar-refractivity contribution in [3.05, 3.63) is 42.5 Å². The van der Waals surface area contributed by atoms with Crippen molar-refractivity contribution in [2.45, 2.75) is 6.92 Å². The molecule has 0 aliphatic rings. The molecular formula is C15H15N3O. The number of aromatic amines is 1. The number of rotatable bonds is 3. The Labute approximate surface area is 111 Å². The molecule has 0 bridgehead atoms. The molecule has 0 amide bonds. The summed E-state index contributed by atoms with van der Waals surface area (Å²) in [4.78, 5) is 7.82. The van der Waals surface area contributed by atoms with Crippen LogP contribution in [0, 0.1) is 0 Å². The van der Waals surface area contributed by atoms with Crippen LogP contribution in [0.5, 0.6) is 5.75 Å². The quantitative estimate of drug-likeness (QED) is 0.704. The minimum Gasteiger partial charge on any atom is -0.494 e. The van der Waals surface area contributed by atoms with Gasteiger partial charge in [0.2, 0.25) is 0 Å². The molecule has 96 valence electrons. The fourth-order valence-corrected chi connectivity index (χ4v) is 2.04. The Morgan fingerprint density at radius 1 is 1.16 bits per heavy atom. The number of nitrogen functional groups attached to an aromatic ring is 1. The van der Waals surface area contributed by atoms with Crippen molar-refractivity contribution in [3.63, 3.8) is 0 Å². The molecule has 0 spiro atoms. The van der Waals surface area contributed by atoms with Crippen LogP contribution in [0.25, 0.3) is 22.4 Å². The van der Waals surface area contributed by atoms with Gasteiger partial charge in [-0.1, -0.05) is 0 Å². The van der Waals surface area contributed by atoms with Crippen molar-refractivity contribution in [1.82, 2.24) is 9.97 Å².